The van der Waals surface area contributed by atoms with Crippen molar-refractivity contribution in [1.29, 1.82) is 0 Å². The number of fused-ring (bicyclic) bond motifs is 1. The number of halogens is 2. The molecule has 2 N–H and O–H groups in total. The fourth-order valence-corrected chi connectivity index (χ4v) is 4.42. The number of piperidine rings is 1. The van der Waals surface area contributed by atoms with Crippen molar-refractivity contribution in [3.63, 3.8) is 0 Å². The number of rotatable bonds is 2. The molecular formula is C17H22ClFN2OS. The molecule has 1 saturated heterocycles. The summed E-state index contributed by atoms with van der Waals surface area (Å²) in [4.78, 5) is 15.3. The summed E-state index contributed by atoms with van der Waals surface area (Å²) < 4.78 is 14.8. The Hall–Kier alpha value is -1.17. The second-order valence-electron chi connectivity index (χ2n) is 6.16. The minimum absolute atomic E-state index is 0. The largest absolute Gasteiger partial charge is 0.338 e. The lowest BCUT2D eigenvalue weighted by molar-refractivity contribution is 0.0685. The zero-order valence-corrected chi connectivity index (χ0v) is 15.0. The Kier molecular flexibility index (Phi) is 5.65. The fraction of sp³-hybridized carbons (Fsp3) is 0.471. The van der Waals surface area contributed by atoms with Crippen molar-refractivity contribution in [1.82, 2.24) is 4.90 Å². The summed E-state index contributed by atoms with van der Waals surface area (Å²) in [7, 11) is 0. The van der Waals surface area contributed by atoms with Gasteiger partial charge in [-0.25, -0.2) is 4.39 Å². The number of likely N-dealkylation sites (tertiary alicyclic amines) is 1. The Bertz CT molecular complexity index is 708. The van der Waals surface area contributed by atoms with E-state index in [0.29, 0.717) is 16.2 Å². The Labute approximate surface area is 146 Å². The fourth-order valence-electron chi connectivity index (χ4n) is 3.23. The summed E-state index contributed by atoms with van der Waals surface area (Å²) >= 11 is 1.39. The van der Waals surface area contributed by atoms with E-state index in [2.05, 4.69) is 0 Å². The molecule has 0 saturated carbocycles. The van der Waals surface area contributed by atoms with Gasteiger partial charge >= 0.3 is 0 Å². The van der Waals surface area contributed by atoms with E-state index in [1.807, 2.05) is 24.8 Å². The first-order valence-electron chi connectivity index (χ1n) is 7.71. The lowest BCUT2D eigenvalue weighted by Gasteiger charge is -2.33. The van der Waals surface area contributed by atoms with Crippen LogP contribution in [0.25, 0.3) is 10.1 Å². The molecule has 3 rings (SSSR count). The van der Waals surface area contributed by atoms with E-state index in [-0.39, 0.29) is 30.2 Å². The van der Waals surface area contributed by atoms with Gasteiger partial charge in [0.05, 0.1) is 4.88 Å². The maximum absolute atomic E-state index is 14.0. The van der Waals surface area contributed by atoms with Crippen LogP contribution in [-0.2, 0) is 0 Å². The van der Waals surface area contributed by atoms with Crippen molar-refractivity contribution in [2.24, 2.45) is 11.7 Å². The molecule has 2 heterocycles. The zero-order chi connectivity index (χ0) is 15.9. The van der Waals surface area contributed by atoms with Crippen LogP contribution < -0.4 is 5.73 Å². The average molecular weight is 357 g/mol. The number of thiophene rings is 1. The van der Waals surface area contributed by atoms with Crippen LogP contribution >= 0.6 is 23.7 Å². The van der Waals surface area contributed by atoms with Crippen LogP contribution in [0.3, 0.4) is 0 Å². The van der Waals surface area contributed by atoms with Crippen LogP contribution in [0.15, 0.2) is 18.2 Å². The van der Waals surface area contributed by atoms with Gasteiger partial charge in [-0.15, -0.1) is 23.7 Å². The molecule has 6 heteroatoms. The number of amides is 1. The number of nitrogens with zero attached hydrogens (tertiary/aromatic N) is 1. The van der Waals surface area contributed by atoms with Gasteiger partial charge < -0.3 is 10.6 Å². The molecule has 1 aliphatic rings. The van der Waals surface area contributed by atoms with Crippen LogP contribution in [-0.4, -0.2) is 29.9 Å². The smallest absolute Gasteiger partial charge is 0.264 e. The van der Waals surface area contributed by atoms with E-state index in [4.69, 9.17) is 5.73 Å². The zero-order valence-electron chi connectivity index (χ0n) is 13.3. The maximum atomic E-state index is 14.0. The molecule has 1 aromatic carbocycles. The highest BCUT2D eigenvalue weighted by atomic mass is 35.5. The summed E-state index contributed by atoms with van der Waals surface area (Å²) in [5.41, 5.74) is 6.71. The second-order valence-corrected chi connectivity index (χ2v) is 7.21. The van der Waals surface area contributed by atoms with Gasteiger partial charge in [-0.2, -0.15) is 0 Å². The standard InChI is InChI=1S/C17H21FN2OS.ClH/c1-10-15-13(18)4-3-5-14(15)22-16(10)17(21)20-8-6-12(7-9-20)11(2)19;/h3-5,11-12H,6-9,19H2,1-2H3;1H. The lowest BCUT2D eigenvalue weighted by Crippen LogP contribution is -2.42. The summed E-state index contributed by atoms with van der Waals surface area (Å²) in [5, 5.41) is 0.585. The number of benzene rings is 1. The average Bonchev–Trinajstić information content (AvgIpc) is 2.85. The molecule has 0 aliphatic carbocycles. The van der Waals surface area contributed by atoms with Gasteiger partial charge in [-0.05, 0) is 50.3 Å². The highest BCUT2D eigenvalue weighted by molar-refractivity contribution is 7.21. The molecule has 23 heavy (non-hydrogen) atoms. The predicted molar refractivity (Wildman–Crippen MR) is 96.0 cm³/mol. The monoisotopic (exact) mass is 356 g/mol. The molecule has 1 fully saturated rings. The van der Waals surface area contributed by atoms with Crippen molar-refractivity contribution >= 4 is 39.7 Å². The third-order valence-electron chi connectivity index (χ3n) is 4.67. The van der Waals surface area contributed by atoms with Crippen molar-refractivity contribution in [2.45, 2.75) is 32.7 Å². The van der Waals surface area contributed by atoms with Gasteiger partial charge in [-0.3, -0.25) is 4.79 Å². The second kappa shape index (κ2) is 7.16. The summed E-state index contributed by atoms with van der Waals surface area (Å²) in [6, 6.07) is 5.19. The highest BCUT2D eigenvalue weighted by Crippen LogP contribution is 2.34. The first kappa shape index (κ1) is 18.2. The Morgan fingerprint density at radius 2 is 2.04 bits per heavy atom. The van der Waals surface area contributed by atoms with Gasteiger partial charge in [-0.1, -0.05) is 6.07 Å². The van der Waals surface area contributed by atoms with E-state index in [0.717, 1.165) is 36.2 Å². The molecule has 0 radical (unpaired) electrons. The number of hydrogen-bond acceptors (Lipinski definition) is 3. The first-order chi connectivity index (χ1) is 10.5. The van der Waals surface area contributed by atoms with Crippen LogP contribution in [0.4, 0.5) is 4.39 Å². The minimum Gasteiger partial charge on any atom is -0.338 e. The van der Waals surface area contributed by atoms with E-state index < -0.39 is 0 Å². The minimum atomic E-state index is -0.249. The van der Waals surface area contributed by atoms with Crippen molar-refractivity contribution in [3.05, 3.63) is 34.5 Å². The van der Waals surface area contributed by atoms with E-state index >= 15 is 0 Å². The topological polar surface area (TPSA) is 46.3 Å². The normalized spacial score (nSPS) is 17.1. The molecule has 1 amide bonds. The van der Waals surface area contributed by atoms with E-state index in [1.165, 1.54) is 17.4 Å². The van der Waals surface area contributed by atoms with Crippen LogP contribution in [0.5, 0.6) is 0 Å². The van der Waals surface area contributed by atoms with Gasteiger partial charge in [0.15, 0.2) is 0 Å². The van der Waals surface area contributed by atoms with E-state index in [1.54, 1.807) is 6.07 Å². The van der Waals surface area contributed by atoms with Crippen LogP contribution in [0.2, 0.25) is 0 Å². The quantitative estimate of drug-likeness (QED) is 0.884. The summed E-state index contributed by atoms with van der Waals surface area (Å²) in [6.07, 6.45) is 1.89. The Morgan fingerprint density at radius 1 is 1.39 bits per heavy atom. The number of aryl methyl sites for hydroxylation is 1. The lowest BCUT2D eigenvalue weighted by atomic mass is 9.91. The molecule has 2 aromatic rings. The number of carbonyl (C=O) groups is 1. The number of hydrogen-bond donors (Lipinski definition) is 1. The molecule has 0 bridgehead atoms. The number of nitrogens with two attached hydrogens (primary N) is 1. The predicted octanol–water partition coefficient (Wildman–Crippen LogP) is 3.97. The van der Waals surface area contributed by atoms with Gasteiger partial charge in [0.25, 0.3) is 5.91 Å². The van der Waals surface area contributed by atoms with Crippen molar-refractivity contribution in [2.75, 3.05) is 13.1 Å². The molecule has 0 spiro atoms. The SMILES string of the molecule is Cc1c(C(=O)N2CCC(C(C)N)CC2)sc2cccc(F)c12.Cl. The van der Waals surface area contributed by atoms with Crippen LogP contribution in [0.1, 0.15) is 35.0 Å². The Morgan fingerprint density at radius 3 is 2.61 bits per heavy atom. The third kappa shape index (κ3) is 3.37. The maximum Gasteiger partial charge on any atom is 0.264 e. The Balaban J connectivity index is 0.00000192. The first-order valence-corrected chi connectivity index (χ1v) is 8.53. The van der Waals surface area contributed by atoms with Gasteiger partial charge in [0.1, 0.15) is 5.82 Å². The molecule has 1 aliphatic heterocycles. The third-order valence-corrected chi connectivity index (χ3v) is 5.91. The highest BCUT2D eigenvalue weighted by Gasteiger charge is 2.28. The molecule has 3 nitrogen and oxygen atoms in total. The van der Waals surface area contributed by atoms with Crippen molar-refractivity contribution < 1.29 is 9.18 Å². The summed E-state index contributed by atoms with van der Waals surface area (Å²) in [6.45, 7) is 5.34. The van der Waals surface area contributed by atoms with Crippen molar-refractivity contribution in [3.8, 4) is 0 Å². The summed E-state index contributed by atoms with van der Waals surface area (Å²) in [5.74, 6) is 0.271. The molecular weight excluding hydrogens is 335 g/mol. The van der Waals surface area contributed by atoms with Gasteiger partial charge in [0, 0.05) is 29.2 Å². The van der Waals surface area contributed by atoms with E-state index in [9.17, 15) is 9.18 Å². The van der Waals surface area contributed by atoms with Crippen LogP contribution in [0, 0.1) is 18.7 Å². The molecule has 1 aromatic heterocycles. The molecule has 126 valence electrons. The molecule has 1 atom stereocenters. The van der Waals surface area contributed by atoms with Gasteiger partial charge in [0.2, 0.25) is 0 Å². The molecule has 1 unspecified atom stereocenters. The number of carbonyl (C=O) groups excluding carboxylic acids is 1.